The number of likely N-dealkylation sites (tertiary alicyclic amines) is 1. The molecule has 1 amide bonds. The maximum absolute atomic E-state index is 12.3. The average Bonchev–Trinajstić information content (AvgIpc) is 3.24. The van der Waals surface area contributed by atoms with E-state index in [0.717, 1.165) is 51.0 Å². The van der Waals surface area contributed by atoms with Crippen molar-refractivity contribution in [1.82, 2.24) is 9.80 Å². The Morgan fingerprint density at radius 1 is 1.00 bits per heavy atom. The van der Waals surface area contributed by atoms with Crippen molar-refractivity contribution in [3.05, 3.63) is 59.7 Å². The van der Waals surface area contributed by atoms with Crippen LogP contribution < -0.4 is 9.47 Å². The molecular weight excluding hydrogens is 418 g/mol. The number of hydrogen-bond acceptors (Lipinski definition) is 6. The molecule has 7 nitrogen and oxygen atoms in total. The molecule has 1 unspecified atom stereocenters. The van der Waals surface area contributed by atoms with E-state index in [0.29, 0.717) is 36.2 Å². The van der Waals surface area contributed by atoms with E-state index in [1.54, 1.807) is 18.2 Å². The van der Waals surface area contributed by atoms with Gasteiger partial charge >= 0.3 is 6.09 Å². The first kappa shape index (κ1) is 21.6. The standard InChI is InChI=1S/C26H29N3O4/c27-15-20-6-7-24-25(14-20)33-22(17-31-24)16-28-11-8-19(9-12-28)10-13-29-23(18-32-26(29)30)21-4-2-1-3-5-21/h1-7,14,19,22-23H,8-13,16-18H2/t22?,23-/m0/s1. The summed E-state index contributed by atoms with van der Waals surface area (Å²) in [4.78, 5) is 16.6. The van der Waals surface area contributed by atoms with Crippen LogP contribution in [-0.4, -0.2) is 61.4 Å². The number of cyclic esters (lactones) is 1. The van der Waals surface area contributed by atoms with Crippen LogP contribution in [0.25, 0.3) is 0 Å². The van der Waals surface area contributed by atoms with Crippen LogP contribution in [0.15, 0.2) is 48.5 Å². The molecule has 0 bridgehead atoms. The van der Waals surface area contributed by atoms with Crippen LogP contribution in [-0.2, 0) is 4.74 Å². The number of carbonyl (C=O) groups excluding carboxylic acids is 1. The van der Waals surface area contributed by atoms with Gasteiger partial charge in [-0.2, -0.15) is 5.26 Å². The lowest BCUT2D eigenvalue weighted by atomic mass is 9.93. The monoisotopic (exact) mass is 447 g/mol. The Labute approximate surface area is 194 Å². The predicted octanol–water partition coefficient (Wildman–Crippen LogP) is 3.99. The first-order chi connectivity index (χ1) is 16.2. The number of benzene rings is 2. The summed E-state index contributed by atoms with van der Waals surface area (Å²) < 4.78 is 17.3. The Morgan fingerprint density at radius 3 is 2.61 bits per heavy atom. The average molecular weight is 448 g/mol. The van der Waals surface area contributed by atoms with E-state index >= 15 is 0 Å². The SMILES string of the molecule is N#Cc1ccc2c(c1)OC(CN1CCC(CCN3C(=O)OC[C@H]3c3ccccc3)CC1)CO2. The van der Waals surface area contributed by atoms with E-state index in [1.165, 1.54) is 0 Å². The molecule has 33 heavy (non-hydrogen) atoms. The third-order valence-corrected chi connectivity index (χ3v) is 6.90. The van der Waals surface area contributed by atoms with Gasteiger partial charge in [0, 0.05) is 19.2 Å². The van der Waals surface area contributed by atoms with Crippen LogP contribution in [0.2, 0.25) is 0 Å². The molecule has 172 valence electrons. The zero-order valence-electron chi connectivity index (χ0n) is 18.7. The molecule has 3 aliphatic heterocycles. The lowest BCUT2D eigenvalue weighted by Crippen LogP contribution is -2.44. The Morgan fingerprint density at radius 2 is 1.82 bits per heavy atom. The molecule has 2 saturated heterocycles. The number of ether oxygens (including phenoxy) is 3. The number of fused-ring (bicyclic) bond motifs is 1. The fraction of sp³-hybridized carbons (Fsp3) is 0.462. The number of amides is 1. The minimum atomic E-state index is -0.199. The highest BCUT2D eigenvalue weighted by molar-refractivity contribution is 5.70. The second-order valence-corrected chi connectivity index (χ2v) is 9.05. The van der Waals surface area contributed by atoms with Gasteiger partial charge < -0.3 is 14.2 Å². The Hall–Kier alpha value is -3.24. The largest absolute Gasteiger partial charge is 0.486 e. The number of carbonyl (C=O) groups is 1. The molecule has 2 atom stereocenters. The van der Waals surface area contributed by atoms with E-state index < -0.39 is 0 Å². The Bertz CT molecular complexity index is 1010. The fourth-order valence-corrected chi connectivity index (χ4v) is 4.99. The number of piperidine rings is 1. The Kier molecular flexibility index (Phi) is 6.36. The molecule has 3 heterocycles. The number of rotatable bonds is 6. The maximum atomic E-state index is 12.3. The molecule has 3 aliphatic rings. The molecule has 0 aromatic heterocycles. The van der Waals surface area contributed by atoms with Crippen molar-refractivity contribution in [1.29, 1.82) is 5.26 Å². The summed E-state index contributed by atoms with van der Waals surface area (Å²) in [5, 5.41) is 9.11. The summed E-state index contributed by atoms with van der Waals surface area (Å²) in [7, 11) is 0. The third kappa shape index (κ3) is 4.91. The molecule has 0 spiro atoms. The van der Waals surface area contributed by atoms with Crippen LogP contribution in [0.5, 0.6) is 11.5 Å². The summed E-state index contributed by atoms with van der Waals surface area (Å²) >= 11 is 0. The number of nitriles is 1. The van der Waals surface area contributed by atoms with Crippen LogP contribution >= 0.6 is 0 Å². The van der Waals surface area contributed by atoms with Crippen LogP contribution in [0.4, 0.5) is 4.79 Å². The quantitative estimate of drug-likeness (QED) is 0.667. The van der Waals surface area contributed by atoms with Gasteiger partial charge in [-0.05, 0) is 56.0 Å². The van der Waals surface area contributed by atoms with Crippen molar-refractivity contribution in [2.75, 3.05) is 39.4 Å². The molecule has 0 N–H and O–H groups in total. The zero-order valence-corrected chi connectivity index (χ0v) is 18.7. The van der Waals surface area contributed by atoms with Crippen molar-refractivity contribution in [2.24, 2.45) is 5.92 Å². The summed E-state index contributed by atoms with van der Waals surface area (Å²) in [5.74, 6) is 1.97. The summed E-state index contributed by atoms with van der Waals surface area (Å²) in [5.41, 5.74) is 1.71. The second kappa shape index (κ2) is 9.72. The molecule has 0 saturated carbocycles. The van der Waals surface area contributed by atoms with Gasteiger partial charge in [0.25, 0.3) is 0 Å². The molecule has 2 fully saturated rings. The highest BCUT2D eigenvalue weighted by Gasteiger charge is 2.34. The first-order valence-corrected chi connectivity index (χ1v) is 11.7. The van der Waals surface area contributed by atoms with E-state index in [1.807, 2.05) is 23.1 Å². The van der Waals surface area contributed by atoms with Gasteiger partial charge in [0.2, 0.25) is 0 Å². The van der Waals surface area contributed by atoms with Gasteiger partial charge in [0.15, 0.2) is 11.5 Å². The minimum Gasteiger partial charge on any atom is -0.486 e. The maximum Gasteiger partial charge on any atom is 0.410 e. The highest BCUT2D eigenvalue weighted by atomic mass is 16.6. The normalized spacial score (nSPS) is 23.2. The van der Waals surface area contributed by atoms with Crippen molar-refractivity contribution >= 4 is 6.09 Å². The van der Waals surface area contributed by atoms with E-state index in [-0.39, 0.29) is 18.2 Å². The highest BCUT2D eigenvalue weighted by Crippen LogP contribution is 2.33. The number of hydrogen-bond donors (Lipinski definition) is 0. The van der Waals surface area contributed by atoms with Gasteiger partial charge in [0.1, 0.15) is 19.3 Å². The third-order valence-electron chi connectivity index (χ3n) is 6.90. The lowest BCUT2D eigenvalue weighted by Gasteiger charge is -2.36. The van der Waals surface area contributed by atoms with Gasteiger partial charge in [0.05, 0.1) is 17.7 Å². The van der Waals surface area contributed by atoms with Gasteiger partial charge in [-0.3, -0.25) is 9.80 Å². The Balaban J connectivity index is 1.08. The number of nitrogens with zero attached hydrogens (tertiary/aromatic N) is 3. The van der Waals surface area contributed by atoms with Crippen molar-refractivity contribution in [3.8, 4) is 17.6 Å². The van der Waals surface area contributed by atoms with E-state index in [2.05, 4.69) is 23.1 Å². The van der Waals surface area contributed by atoms with Gasteiger partial charge in [-0.25, -0.2) is 4.79 Å². The fourth-order valence-electron chi connectivity index (χ4n) is 4.99. The smallest absolute Gasteiger partial charge is 0.410 e. The van der Waals surface area contributed by atoms with Crippen molar-refractivity contribution in [3.63, 3.8) is 0 Å². The van der Waals surface area contributed by atoms with Gasteiger partial charge in [-0.15, -0.1) is 0 Å². The minimum absolute atomic E-state index is 0.0201. The molecular formula is C26H29N3O4. The lowest BCUT2D eigenvalue weighted by molar-refractivity contribution is 0.0465. The zero-order chi connectivity index (χ0) is 22.6. The first-order valence-electron chi connectivity index (χ1n) is 11.7. The van der Waals surface area contributed by atoms with E-state index in [9.17, 15) is 4.79 Å². The van der Waals surface area contributed by atoms with Crippen molar-refractivity contribution in [2.45, 2.75) is 31.4 Å². The van der Waals surface area contributed by atoms with Crippen LogP contribution in [0, 0.1) is 17.2 Å². The predicted molar refractivity (Wildman–Crippen MR) is 122 cm³/mol. The van der Waals surface area contributed by atoms with Gasteiger partial charge in [-0.1, -0.05) is 30.3 Å². The molecule has 5 rings (SSSR count). The summed E-state index contributed by atoms with van der Waals surface area (Å²) in [6, 6.07) is 17.6. The van der Waals surface area contributed by atoms with Crippen LogP contribution in [0.3, 0.4) is 0 Å². The van der Waals surface area contributed by atoms with Crippen LogP contribution in [0.1, 0.15) is 36.4 Å². The topological polar surface area (TPSA) is 75.0 Å². The molecule has 7 heteroatoms. The molecule has 0 radical (unpaired) electrons. The molecule has 0 aliphatic carbocycles. The molecule has 2 aromatic carbocycles. The summed E-state index contributed by atoms with van der Waals surface area (Å²) in [6.07, 6.45) is 2.99. The van der Waals surface area contributed by atoms with Crippen molar-refractivity contribution < 1.29 is 19.0 Å². The molecule has 2 aromatic rings. The van der Waals surface area contributed by atoms with E-state index in [4.69, 9.17) is 19.5 Å². The second-order valence-electron chi connectivity index (χ2n) is 9.05. The summed E-state index contributed by atoms with van der Waals surface area (Å²) in [6.45, 7) is 4.54.